The van der Waals surface area contributed by atoms with Crippen molar-refractivity contribution in [2.75, 3.05) is 36.2 Å². The number of hydrogen-bond donors (Lipinski definition) is 2. The molecule has 0 saturated carbocycles. The van der Waals surface area contributed by atoms with Crippen molar-refractivity contribution in [1.29, 1.82) is 0 Å². The molecule has 0 saturated heterocycles. The predicted octanol–water partition coefficient (Wildman–Crippen LogP) is 7.02. The molecule has 0 bridgehead atoms. The second-order valence-corrected chi connectivity index (χ2v) is 10.0. The maximum absolute atomic E-state index is 12.9. The number of rotatable bonds is 10. The fraction of sp³-hybridized carbons (Fsp3) is 0.240. The Morgan fingerprint density at radius 2 is 1.53 bits per heavy atom. The van der Waals surface area contributed by atoms with Crippen LogP contribution >= 0.6 is 20.4 Å². The molecular weight excluding hydrogens is 469 g/mol. The Morgan fingerprint density at radius 1 is 0.941 bits per heavy atom. The van der Waals surface area contributed by atoms with Gasteiger partial charge in [-0.2, -0.15) is 0 Å². The summed E-state index contributed by atoms with van der Waals surface area (Å²) in [4.78, 5) is 4.79. The molecule has 1 aromatic heterocycles. The van der Waals surface area contributed by atoms with Gasteiger partial charge in [0.15, 0.2) is 0 Å². The van der Waals surface area contributed by atoms with Crippen LogP contribution in [0.15, 0.2) is 66.7 Å². The fourth-order valence-electron chi connectivity index (χ4n) is 3.81. The van der Waals surface area contributed by atoms with E-state index >= 15 is 0 Å². The molecule has 0 atom stereocenters. The molecule has 7 nitrogen and oxygen atoms in total. The van der Waals surface area contributed by atoms with Crippen molar-refractivity contribution in [2.24, 2.45) is 0 Å². The van der Waals surface area contributed by atoms with Gasteiger partial charge in [-0.05, 0) is 38.1 Å². The molecule has 0 fully saturated rings. The highest BCUT2D eigenvalue weighted by atomic mass is 32.1. The highest BCUT2D eigenvalue weighted by molar-refractivity contribution is 7.82. The maximum Gasteiger partial charge on any atom is 0.350 e. The Bertz CT molecular complexity index is 1290. The minimum Gasteiger partial charge on any atom is -0.494 e. The fourth-order valence-corrected chi connectivity index (χ4v) is 5.92. The Balaban J connectivity index is 1.69. The summed E-state index contributed by atoms with van der Waals surface area (Å²) >= 11 is 4.53. The molecule has 0 aliphatic carbocycles. The third-order valence-corrected chi connectivity index (χ3v) is 7.82. The predicted molar refractivity (Wildman–Crippen MR) is 143 cm³/mol. The van der Waals surface area contributed by atoms with Crippen molar-refractivity contribution in [3.05, 3.63) is 66.7 Å². The van der Waals surface area contributed by atoms with Crippen molar-refractivity contribution >= 4 is 59.3 Å². The molecule has 9 heteroatoms. The molecule has 0 aliphatic heterocycles. The molecule has 0 spiro atoms. The zero-order valence-electron chi connectivity index (χ0n) is 19.4. The lowest BCUT2D eigenvalue weighted by Gasteiger charge is -2.24. The molecule has 0 amide bonds. The summed E-state index contributed by atoms with van der Waals surface area (Å²) in [6.45, 7) is 4.15. The summed E-state index contributed by atoms with van der Waals surface area (Å²) in [7, 11) is -1.69. The zero-order chi connectivity index (χ0) is 24.1. The molecule has 178 valence electrons. The number of methoxy groups -OCH3 is 1. The number of ether oxygens (including phenoxy) is 1. The third kappa shape index (κ3) is 5.15. The molecule has 0 aliphatic rings. The SMILES string of the molecule is CCOP(=O)(CN(S)c1ccc(Nc2c3ccccc3nc3ccccc23)c(OC)c1)OCC. The smallest absolute Gasteiger partial charge is 0.350 e. The second kappa shape index (κ2) is 10.7. The van der Waals surface area contributed by atoms with E-state index < -0.39 is 7.60 Å². The van der Waals surface area contributed by atoms with Gasteiger partial charge >= 0.3 is 7.60 Å². The lowest BCUT2D eigenvalue weighted by Crippen LogP contribution is -2.15. The first-order valence-electron chi connectivity index (χ1n) is 11.0. The Hall–Kier alpha value is -2.77. The Labute approximate surface area is 205 Å². The van der Waals surface area contributed by atoms with Crippen molar-refractivity contribution < 1.29 is 18.3 Å². The zero-order valence-corrected chi connectivity index (χ0v) is 21.2. The van der Waals surface area contributed by atoms with Crippen LogP contribution < -0.4 is 14.4 Å². The van der Waals surface area contributed by atoms with Gasteiger partial charge in [-0.25, -0.2) is 4.98 Å². The van der Waals surface area contributed by atoms with Crippen LogP contribution in [-0.2, 0) is 13.6 Å². The molecular formula is C25H28N3O4PS. The first-order chi connectivity index (χ1) is 16.5. The highest BCUT2D eigenvalue weighted by Gasteiger charge is 2.27. The van der Waals surface area contributed by atoms with Gasteiger partial charge in [0.1, 0.15) is 12.0 Å². The number of para-hydroxylation sites is 2. The quantitative estimate of drug-likeness (QED) is 0.139. The Morgan fingerprint density at radius 3 is 2.09 bits per heavy atom. The molecule has 0 unspecified atom stereocenters. The van der Waals surface area contributed by atoms with Gasteiger partial charge in [0.2, 0.25) is 0 Å². The van der Waals surface area contributed by atoms with E-state index in [2.05, 4.69) is 18.1 Å². The topological polar surface area (TPSA) is 72.9 Å². The number of aromatic nitrogens is 1. The number of benzene rings is 3. The number of anilines is 3. The van der Waals surface area contributed by atoms with Gasteiger partial charge in [0, 0.05) is 16.8 Å². The van der Waals surface area contributed by atoms with E-state index in [0.717, 1.165) is 33.2 Å². The number of thiol groups is 1. The summed E-state index contributed by atoms with van der Waals surface area (Å²) < 4.78 is 31.0. The lowest BCUT2D eigenvalue weighted by molar-refractivity contribution is 0.221. The van der Waals surface area contributed by atoms with E-state index in [9.17, 15) is 4.57 Å². The number of pyridine rings is 1. The van der Waals surface area contributed by atoms with Crippen LogP contribution in [0, 0.1) is 0 Å². The lowest BCUT2D eigenvalue weighted by atomic mass is 10.1. The molecule has 4 rings (SSSR count). The largest absolute Gasteiger partial charge is 0.494 e. The maximum atomic E-state index is 12.9. The van der Waals surface area contributed by atoms with Gasteiger partial charge in [0.05, 0.1) is 48.4 Å². The number of hydrogen-bond acceptors (Lipinski definition) is 8. The standard InChI is InChI=1S/C25H28N3O4PS/c1-4-31-33(29,32-5-2)17-28(34)18-14-15-23(24(16-18)30-3)27-25-19-10-6-8-12-21(19)26-22-13-9-7-11-20(22)25/h6-16,34H,4-5,17H2,1-3H3,(H,26,27). The molecule has 1 heterocycles. The minimum absolute atomic E-state index is 0.00729. The summed E-state index contributed by atoms with van der Waals surface area (Å²) in [5.74, 6) is 0.615. The van der Waals surface area contributed by atoms with Crippen LogP contribution in [0.2, 0.25) is 0 Å². The normalized spacial score (nSPS) is 11.6. The van der Waals surface area contributed by atoms with E-state index in [-0.39, 0.29) is 6.29 Å². The summed E-state index contributed by atoms with van der Waals surface area (Å²) in [6.07, 6.45) is 0.00729. The van der Waals surface area contributed by atoms with E-state index in [1.54, 1.807) is 25.3 Å². The Kier molecular flexibility index (Phi) is 7.63. The first kappa shape index (κ1) is 24.4. The van der Waals surface area contributed by atoms with Crippen LogP contribution in [0.1, 0.15) is 13.8 Å². The number of nitrogens with one attached hydrogen (secondary N) is 1. The van der Waals surface area contributed by atoms with Crippen LogP contribution in [0.3, 0.4) is 0 Å². The van der Waals surface area contributed by atoms with Crippen molar-refractivity contribution in [3.63, 3.8) is 0 Å². The van der Waals surface area contributed by atoms with E-state index in [1.165, 1.54) is 0 Å². The van der Waals surface area contributed by atoms with Crippen molar-refractivity contribution in [3.8, 4) is 5.75 Å². The average Bonchev–Trinajstić information content (AvgIpc) is 2.84. The molecule has 0 radical (unpaired) electrons. The second-order valence-electron chi connectivity index (χ2n) is 7.52. The van der Waals surface area contributed by atoms with Crippen LogP contribution in [0.4, 0.5) is 17.1 Å². The van der Waals surface area contributed by atoms with Gasteiger partial charge in [-0.3, -0.25) is 4.57 Å². The summed E-state index contributed by atoms with van der Waals surface area (Å²) in [6, 6.07) is 21.7. The van der Waals surface area contributed by atoms with E-state index in [4.69, 9.17) is 18.8 Å². The van der Waals surface area contributed by atoms with Crippen molar-refractivity contribution in [2.45, 2.75) is 13.8 Å². The number of fused-ring (bicyclic) bond motifs is 2. The first-order valence-corrected chi connectivity index (χ1v) is 13.2. The van der Waals surface area contributed by atoms with Crippen molar-refractivity contribution in [1.82, 2.24) is 4.98 Å². The van der Waals surface area contributed by atoms with Gasteiger partial charge in [-0.15, -0.1) is 0 Å². The monoisotopic (exact) mass is 497 g/mol. The van der Waals surface area contributed by atoms with Gasteiger partial charge < -0.3 is 23.4 Å². The molecule has 4 aromatic rings. The summed E-state index contributed by atoms with van der Waals surface area (Å²) in [5.41, 5.74) is 4.25. The van der Waals surface area contributed by atoms with Crippen LogP contribution in [0.5, 0.6) is 5.75 Å². The van der Waals surface area contributed by atoms with Gasteiger partial charge in [-0.1, -0.05) is 49.2 Å². The van der Waals surface area contributed by atoms with Crippen LogP contribution in [-0.4, -0.2) is 31.6 Å². The minimum atomic E-state index is -3.30. The highest BCUT2D eigenvalue weighted by Crippen LogP contribution is 2.50. The number of nitrogens with zero attached hydrogens (tertiary/aromatic N) is 2. The van der Waals surface area contributed by atoms with E-state index in [1.807, 2.05) is 66.7 Å². The van der Waals surface area contributed by atoms with Gasteiger partial charge in [0.25, 0.3) is 0 Å². The summed E-state index contributed by atoms with van der Waals surface area (Å²) in [5, 5.41) is 5.58. The average molecular weight is 498 g/mol. The molecule has 3 aromatic carbocycles. The third-order valence-electron chi connectivity index (χ3n) is 5.29. The van der Waals surface area contributed by atoms with E-state index in [0.29, 0.717) is 24.7 Å². The molecule has 34 heavy (non-hydrogen) atoms. The molecule has 1 N–H and O–H groups in total. The van der Waals surface area contributed by atoms with Crippen LogP contribution in [0.25, 0.3) is 21.8 Å².